The van der Waals surface area contributed by atoms with Gasteiger partial charge in [0.1, 0.15) is 0 Å². The summed E-state index contributed by atoms with van der Waals surface area (Å²) in [4.78, 5) is 0. The number of benzene rings is 3. The number of nitrogens with zero attached hydrogens (tertiary/aromatic N) is 2. The molecule has 0 fully saturated rings. The molecule has 2 nitrogen and oxygen atoms in total. The summed E-state index contributed by atoms with van der Waals surface area (Å²) >= 11 is 3.49. The number of halogens is 1. The molecule has 0 bridgehead atoms. The molecule has 0 atom stereocenters. The second-order valence-corrected chi connectivity index (χ2v) is 7.81. The number of rotatable bonds is 4. The molecule has 0 radical (unpaired) electrons. The number of aryl methyl sites for hydroxylation is 1. The Morgan fingerprint density at radius 2 is 1.86 bits per heavy atom. The third-order valence-electron chi connectivity index (χ3n) is 4.81. The van der Waals surface area contributed by atoms with E-state index in [1.54, 1.807) is 0 Å². The fraction of sp³-hybridized carbons (Fsp3) is 0.0800. The van der Waals surface area contributed by atoms with Crippen LogP contribution in [0.1, 0.15) is 22.3 Å². The lowest BCUT2D eigenvalue weighted by Gasteiger charge is -2.06. The summed E-state index contributed by atoms with van der Waals surface area (Å²) in [6.07, 6.45) is 4.12. The molecule has 0 unspecified atom stereocenters. The highest BCUT2D eigenvalue weighted by Gasteiger charge is 2.09. The summed E-state index contributed by atoms with van der Waals surface area (Å²) in [5, 5.41) is 10.9. The van der Waals surface area contributed by atoms with Crippen molar-refractivity contribution >= 4 is 38.5 Å². The zero-order valence-electron chi connectivity index (χ0n) is 15.6. The lowest BCUT2D eigenvalue weighted by Crippen LogP contribution is -1.97. The van der Waals surface area contributed by atoms with Crippen molar-refractivity contribution in [3.8, 4) is 6.07 Å². The minimum atomic E-state index is 0.653. The van der Waals surface area contributed by atoms with Gasteiger partial charge in [-0.25, -0.2) is 0 Å². The first kappa shape index (κ1) is 18.3. The monoisotopic (exact) mass is 426 g/mol. The third kappa shape index (κ3) is 3.78. The van der Waals surface area contributed by atoms with E-state index in [0.717, 1.165) is 27.5 Å². The molecule has 0 aliphatic carbocycles. The van der Waals surface area contributed by atoms with Crippen molar-refractivity contribution in [1.82, 2.24) is 4.57 Å². The molecule has 4 rings (SSSR count). The van der Waals surface area contributed by atoms with Crippen LogP contribution in [0.5, 0.6) is 0 Å². The minimum Gasteiger partial charge on any atom is -0.342 e. The summed E-state index contributed by atoms with van der Waals surface area (Å²) in [5.74, 6) is 0. The van der Waals surface area contributed by atoms with Crippen LogP contribution in [-0.2, 0) is 6.54 Å². The molecule has 4 aromatic rings. The molecule has 1 heterocycles. The SMILES string of the molecule is Cc1cccc(Cn2cc(/C=C(/C#N)c3cccc(Br)c3)c3ccccc32)c1. The second kappa shape index (κ2) is 7.88. The van der Waals surface area contributed by atoms with Crippen LogP contribution < -0.4 is 0 Å². The first-order valence-corrected chi connectivity index (χ1v) is 9.94. The zero-order chi connectivity index (χ0) is 19.5. The molecule has 0 amide bonds. The summed E-state index contributed by atoms with van der Waals surface area (Å²) < 4.78 is 3.22. The summed E-state index contributed by atoms with van der Waals surface area (Å²) in [7, 11) is 0. The van der Waals surface area contributed by atoms with E-state index in [4.69, 9.17) is 0 Å². The molecule has 28 heavy (non-hydrogen) atoms. The Kier molecular flexibility index (Phi) is 5.14. The smallest absolute Gasteiger partial charge is 0.0998 e. The van der Waals surface area contributed by atoms with E-state index in [1.165, 1.54) is 16.6 Å². The maximum absolute atomic E-state index is 9.74. The second-order valence-electron chi connectivity index (χ2n) is 6.90. The molecule has 136 valence electrons. The van der Waals surface area contributed by atoms with Crippen molar-refractivity contribution in [3.05, 3.63) is 106 Å². The van der Waals surface area contributed by atoms with Crippen molar-refractivity contribution < 1.29 is 0 Å². The number of allylic oxidation sites excluding steroid dienone is 1. The molecular weight excluding hydrogens is 408 g/mol. The van der Waals surface area contributed by atoms with Gasteiger partial charge in [0.05, 0.1) is 11.6 Å². The number of aromatic nitrogens is 1. The standard InChI is InChI=1S/C25H19BrN2/c1-18-6-4-7-19(12-18)16-28-17-22(24-10-2-3-11-25(24)28)13-21(15-27)20-8-5-9-23(26)14-20/h2-14,17H,16H2,1H3/b21-13-. The Balaban J connectivity index is 1.81. The largest absolute Gasteiger partial charge is 0.342 e. The average Bonchev–Trinajstić information content (AvgIpc) is 3.03. The van der Waals surface area contributed by atoms with Crippen LogP contribution in [0.15, 0.2) is 83.5 Å². The lowest BCUT2D eigenvalue weighted by molar-refractivity contribution is 0.835. The molecule has 1 aromatic heterocycles. The van der Waals surface area contributed by atoms with E-state index < -0.39 is 0 Å². The third-order valence-corrected chi connectivity index (χ3v) is 5.30. The molecule has 3 aromatic carbocycles. The van der Waals surface area contributed by atoms with E-state index in [0.29, 0.717) is 5.57 Å². The van der Waals surface area contributed by atoms with Gasteiger partial charge < -0.3 is 4.57 Å². The van der Waals surface area contributed by atoms with Gasteiger partial charge in [0.25, 0.3) is 0 Å². The van der Waals surface area contributed by atoms with Crippen LogP contribution in [0.2, 0.25) is 0 Å². The van der Waals surface area contributed by atoms with Crippen molar-refractivity contribution in [2.75, 3.05) is 0 Å². The number of nitriles is 1. The quantitative estimate of drug-likeness (QED) is 0.329. The van der Waals surface area contributed by atoms with Crippen LogP contribution >= 0.6 is 15.9 Å². The van der Waals surface area contributed by atoms with Gasteiger partial charge in [-0.3, -0.25) is 0 Å². The molecule has 3 heteroatoms. The number of hydrogen-bond donors (Lipinski definition) is 0. The summed E-state index contributed by atoms with van der Waals surface area (Å²) in [6.45, 7) is 2.91. The Morgan fingerprint density at radius 1 is 1.04 bits per heavy atom. The Morgan fingerprint density at radius 3 is 2.64 bits per heavy atom. The van der Waals surface area contributed by atoms with Crippen molar-refractivity contribution in [2.24, 2.45) is 0 Å². The molecule has 0 aliphatic heterocycles. The first-order valence-electron chi connectivity index (χ1n) is 9.15. The van der Waals surface area contributed by atoms with Gasteiger partial charge in [-0.2, -0.15) is 5.26 Å². The van der Waals surface area contributed by atoms with Crippen LogP contribution in [-0.4, -0.2) is 4.57 Å². The highest BCUT2D eigenvalue weighted by molar-refractivity contribution is 9.10. The molecular formula is C25H19BrN2. The van der Waals surface area contributed by atoms with Crippen LogP contribution in [0.4, 0.5) is 0 Å². The van der Waals surface area contributed by atoms with Gasteiger partial charge in [0.15, 0.2) is 0 Å². The minimum absolute atomic E-state index is 0.653. The highest BCUT2D eigenvalue weighted by atomic mass is 79.9. The van der Waals surface area contributed by atoms with Gasteiger partial charge in [-0.15, -0.1) is 0 Å². The Labute approximate surface area is 173 Å². The topological polar surface area (TPSA) is 28.7 Å². The fourth-order valence-electron chi connectivity index (χ4n) is 3.52. The fourth-order valence-corrected chi connectivity index (χ4v) is 3.92. The van der Waals surface area contributed by atoms with Gasteiger partial charge in [-0.05, 0) is 42.3 Å². The Bertz CT molecular complexity index is 1220. The van der Waals surface area contributed by atoms with Gasteiger partial charge in [-0.1, -0.05) is 76.1 Å². The predicted molar refractivity (Wildman–Crippen MR) is 120 cm³/mol. The average molecular weight is 427 g/mol. The predicted octanol–water partition coefficient (Wildman–Crippen LogP) is 6.82. The van der Waals surface area contributed by atoms with E-state index in [-0.39, 0.29) is 0 Å². The summed E-state index contributed by atoms with van der Waals surface area (Å²) in [6, 6.07) is 27.1. The Hall–Kier alpha value is -3.09. The maximum atomic E-state index is 9.74. The molecule has 0 spiro atoms. The normalized spacial score (nSPS) is 11.5. The van der Waals surface area contributed by atoms with Crippen LogP contribution in [0.3, 0.4) is 0 Å². The van der Waals surface area contributed by atoms with Gasteiger partial charge in [0, 0.05) is 33.7 Å². The maximum Gasteiger partial charge on any atom is 0.0998 e. The first-order chi connectivity index (χ1) is 13.6. The van der Waals surface area contributed by atoms with Gasteiger partial charge in [0.2, 0.25) is 0 Å². The van der Waals surface area contributed by atoms with Crippen LogP contribution in [0, 0.1) is 18.3 Å². The van der Waals surface area contributed by atoms with E-state index >= 15 is 0 Å². The summed E-state index contributed by atoms with van der Waals surface area (Å²) in [5.41, 5.74) is 6.31. The number of hydrogen-bond acceptors (Lipinski definition) is 1. The van der Waals surface area contributed by atoms with E-state index in [9.17, 15) is 5.26 Å². The molecule has 0 saturated heterocycles. The van der Waals surface area contributed by atoms with Crippen molar-refractivity contribution in [1.29, 1.82) is 5.26 Å². The number of para-hydroxylation sites is 1. The van der Waals surface area contributed by atoms with Crippen molar-refractivity contribution in [2.45, 2.75) is 13.5 Å². The molecule has 0 N–H and O–H groups in total. The zero-order valence-corrected chi connectivity index (χ0v) is 17.1. The molecule has 0 aliphatic rings. The highest BCUT2D eigenvalue weighted by Crippen LogP contribution is 2.27. The lowest BCUT2D eigenvalue weighted by atomic mass is 10.0. The van der Waals surface area contributed by atoms with Crippen LogP contribution in [0.25, 0.3) is 22.6 Å². The molecule has 0 saturated carbocycles. The van der Waals surface area contributed by atoms with Crippen molar-refractivity contribution in [3.63, 3.8) is 0 Å². The number of fused-ring (bicyclic) bond motifs is 1. The van der Waals surface area contributed by atoms with Gasteiger partial charge >= 0.3 is 0 Å². The van der Waals surface area contributed by atoms with E-state index in [2.05, 4.69) is 82.2 Å². The van der Waals surface area contributed by atoms with E-state index in [1.807, 2.05) is 36.4 Å².